The van der Waals surface area contributed by atoms with Crippen molar-refractivity contribution in [1.29, 1.82) is 0 Å². The minimum atomic E-state index is 0. The second kappa shape index (κ2) is 11.5. The van der Waals surface area contributed by atoms with Crippen LogP contribution in [0.4, 0.5) is 0 Å². The molecule has 1 saturated heterocycles. The van der Waals surface area contributed by atoms with Crippen molar-refractivity contribution in [3.8, 4) is 11.5 Å². The minimum absolute atomic E-state index is 0. The molecule has 0 spiro atoms. The van der Waals surface area contributed by atoms with Crippen LogP contribution in [-0.2, 0) is 6.54 Å². The number of fused-ring (bicyclic) bond motifs is 1. The third-order valence-electron chi connectivity index (χ3n) is 4.66. The van der Waals surface area contributed by atoms with Crippen molar-refractivity contribution in [3.63, 3.8) is 0 Å². The highest BCUT2D eigenvalue weighted by molar-refractivity contribution is 14.0. The van der Waals surface area contributed by atoms with Gasteiger partial charge in [-0.2, -0.15) is 0 Å². The summed E-state index contributed by atoms with van der Waals surface area (Å²) in [6.45, 7) is 6.59. The van der Waals surface area contributed by atoms with Crippen LogP contribution in [0.2, 0.25) is 0 Å². The number of likely N-dealkylation sites (tertiary alicyclic amines) is 1. The molecule has 1 aromatic rings. The molecule has 1 fully saturated rings. The molecule has 26 heavy (non-hydrogen) atoms. The van der Waals surface area contributed by atoms with Crippen molar-refractivity contribution in [2.45, 2.75) is 32.2 Å². The van der Waals surface area contributed by atoms with Gasteiger partial charge in [-0.3, -0.25) is 4.99 Å². The Balaban J connectivity index is 0.00000243. The van der Waals surface area contributed by atoms with Crippen LogP contribution in [0.3, 0.4) is 0 Å². The Kier molecular flexibility index (Phi) is 9.31. The number of guanidine groups is 1. The first-order valence-corrected chi connectivity index (χ1v) is 9.40. The lowest BCUT2D eigenvalue weighted by atomic mass is 10.1. The molecule has 2 aliphatic rings. The first-order chi connectivity index (χ1) is 12.3. The predicted octanol–water partition coefficient (Wildman–Crippen LogP) is 2.62. The Hall–Kier alpha value is -1.22. The first kappa shape index (κ1) is 21.1. The monoisotopic (exact) mass is 474 g/mol. The molecular weight excluding hydrogens is 443 g/mol. The maximum absolute atomic E-state index is 5.75. The highest BCUT2D eigenvalue weighted by Crippen LogP contribution is 2.30. The molecule has 0 saturated carbocycles. The maximum atomic E-state index is 5.75. The molecule has 6 nitrogen and oxygen atoms in total. The summed E-state index contributed by atoms with van der Waals surface area (Å²) in [5.41, 5.74) is 1.16. The molecule has 0 aromatic heterocycles. The van der Waals surface area contributed by atoms with Gasteiger partial charge in [-0.1, -0.05) is 12.5 Å². The first-order valence-electron chi connectivity index (χ1n) is 9.40. The largest absolute Gasteiger partial charge is 0.490 e. The molecule has 3 rings (SSSR count). The number of nitrogens with zero attached hydrogens (tertiary/aromatic N) is 2. The molecule has 146 valence electrons. The van der Waals surface area contributed by atoms with E-state index in [1.54, 1.807) is 0 Å². The van der Waals surface area contributed by atoms with Crippen molar-refractivity contribution in [2.75, 3.05) is 46.4 Å². The maximum Gasteiger partial charge on any atom is 0.191 e. The Morgan fingerprint density at radius 1 is 1.04 bits per heavy atom. The highest BCUT2D eigenvalue weighted by Gasteiger charge is 2.11. The summed E-state index contributed by atoms with van der Waals surface area (Å²) in [5.74, 6) is 2.51. The van der Waals surface area contributed by atoms with Gasteiger partial charge in [0.05, 0.1) is 13.2 Å². The van der Waals surface area contributed by atoms with Gasteiger partial charge < -0.3 is 25.0 Å². The van der Waals surface area contributed by atoms with Gasteiger partial charge in [-0.25, -0.2) is 0 Å². The lowest BCUT2D eigenvalue weighted by Gasteiger charge is -2.26. The summed E-state index contributed by atoms with van der Waals surface area (Å²) in [7, 11) is 1.81. The van der Waals surface area contributed by atoms with Crippen LogP contribution in [0.15, 0.2) is 23.2 Å². The van der Waals surface area contributed by atoms with E-state index < -0.39 is 0 Å². The number of piperidine rings is 1. The van der Waals surface area contributed by atoms with Gasteiger partial charge in [-0.15, -0.1) is 24.0 Å². The van der Waals surface area contributed by atoms with E-state index in [-0.39, 0.29) is 24.0 Å². The number of aliphatic imine (C=N–C) groups is 1. The number of benzene rings is 1. The van der Waals surface area contributed by atoms with E-state index in [1.165, 1.54) is 32.4 Å². The van der Waals surface area contributed by atoms with Crippen LogP contribution in [0.5, 0.6) is 11.5 Å². The number of halogens is 1. The van der Waals surface area contributed by atoms with Crippen molar-refractivity contribution >= 4 is 29.9 Å². The topological polar surface area (TPSA) is 58.1 Å². The number of ether oxygens (including phenoxy) is 2. The van der Waals surface area contributed by atoms with Crippen LogP contribution in [0, 0.1) is 0 Å². The molecule has 1 aromatic carbocycles. The normalized spacial score (nSPS) is 17.8. The zero-order valence-corrected chi connectivity index (χ0v) is 18.0. The molecule has 0 radical (unpaired) electrons. The van der Waals surface area contributed by atoms with Crippen molar-refractivity contribution in [3.05, 3.63) is 23.8 Å². The van der Waals surface area contributed by atoms with Gasteiger partial charge in [0.1, 0.15) is 0 Å². The number of rotatable bonds is 5. The molecule has 0 amide bonds. The van der Waals surface area contributed by atoms with Gasteiger partial charge in [-0.05, 0) is 43.6 Å². The average molecular weight is 474 g/mol. The SMILES string of the molecule is CN=C(NCCN1CCCCC1)NCc1ccc2c(c1)OCCCO2.I. The zero-order valence-electron chi connectivity index (χ0n) is 15.6. The fraction of sp³-hybridized carbons (Fsp3) is 0.632. The van der Waals surface area contributed by atoms with Crippen LogP contribution in [0.1, 0.15) is 31.2 Å². The fourth-order valence-electron chi connectivity index (χ4n) is 3.24. The van der Waals surface area contributed by atoms with Gasteiger partial charge >= 0.3 is 0 Å². The minimum Gasteiger partial charge on any atom is -0.490 e. The number of nitrogens with one attached hydrogen (secondary N) is 2. The third-order valence-corrected chi connectivity index (χ3v) is 4.66. The van der Waals surface area contributed by atoms with Crippen LogP contribution >= 0.6 is 24.0 Å². The molecule has 2 N–H and O–H groups in total. The number of hydrogen-bond acceptors (Lipinski definition) is 4. The van der Waals surface area contributed by atoms with Crippen molar-refractivity contribution < 1.29 is 9.47 Å². The van der Waals surface area contributed by atoms with E-state index in [2.05, 4.69) is 32.7 Å². The molecule has 0 atom stereocenters. The molecule has 0 aliphatic carbocycles. The van der Waals surface area contributed by atoms with E-state index in [0.29, 0.717) is 13.2 Å². The van der Waals surface area contributed by atoms with Crippen LogP contribution in [0.25, 0.3) is 0 Å². The summed E-state index contributed by atoms with van der Waals surface area (Å²) in [4.78, 5) is 6.83. The molecular formula is C19H31IN4O2. The molecule has 2 heterocycles. The van der Waals surface area contributed by atoms with Crippen molar-refractivity contribution in [2.24, 2.45) is 4.99 Å². The van der Waals surface area contributed by atoms with Crippen molar-refractivity contribution in [1.82, 2.24) is 15.5 Å². The lowest BCUT2D eigenvalue weighted by molar-refractivity contribution is 0.232. The molecule has 0 unspecified atom stereocenters. The van der Waals surface area contributed by atoms with Gasteiger partial charge in [0.25, 0.3) is 0 Å². The average Bonchev–Trinajstić information content (AvgIpc) is 2.90. The predicted molar refractivity (Wildman–Crippen MR) is 116 cm³/mol. The van der Waals surface area contributed by atoms with Gasteiger partial charge in [0.15, 0.2) is 17.5 Å². The Morgan fingerprint density at radius 2 is 1.81 bits per heavy atom. The summed E-state index contributed by atoms with van der Waals surface area (Å²) in [6, 6.07) is 6.11. The second-order valence-corrected chi connectivity index (χ2v) is 6.59. The summed E-state index contributed by atoms with van der Waals surface area (Å²) < 4.78 is 11.4. The summed E-state index contributed by atoms with van der Waals surface area (Å²) in [5, 5.41) is 6.77. The fourth-order valence-corrected chi connectivity index (χ4v) is 3.24. The number of hydrogen-bond donors (Lipinski definition) is 2. The standard InChI is InChI=1S/C19H30N4O2.HI/c1-20-19(21-8-11-23-9-3-2-4-10-23)22-15-16-6-7-17-18(14-16)25-13-5-12-24-17;/h6-7,14H,2-5,8-13,15H2,1H3,(H2,20,21,22);1H. The van der Waals surface area contributed by atoms with E-state index in [9.17, 15) is 0 Å². The molecule has 0 bridgehead atoms. The quantitative estimate of drug-likeness (QED) is 0.391. The van der Waals surface area contributed by atoms with E-state index in [4.69, 9.17) is 9.47 Å². The summed E-state index contributed by atoms with van der Waals surface area (Å²) >= 11 is 0. The van der Waals surface area contributed by atoms with Gasteiger partial charge in [0, 0.05) is 33.1 Å². The Morgan fingerprint density at radius 3 is 2.58 bits per heavy atom. The second-order valence-electron chi connectivity index (χ2n) is 6.59. The van der Waals surface area contributed by atoms with Crippen LogP contribution < -0.4 is 20.1 Å². The Labute approximate surface area is 173 Å². The van der Waals surface area contributed by atoms with E-state index in [0.717, 1.165) is 49.1 Å². The molecule has 2 aliphatic heterocycles. The smallest absolute Gasteiger partial charge is 0.191 e. The van der Waals surface area contributed by atoms with Crippen LogP contribution in [-0.4, -0.2) is 57.3 Å². The van der Waals surface area contributed by atoms with E-state index in [1.807, 2.05) is 13.1 Å². The lowest BCUT2D eigenvalue weighted by Crippen LogP contribution is -2.42. The third kappa shape index (κ3) is 6.50. The Bertz CT molecular complexity index is 577. The zero-order chi connectivity index (χ0) is 17.3. The van der Waals surface area contributed by atoms with Gasteiger partial charge in [0.2, 0.25) is 0 Å². The van der Waals surface area contributed by atoms with E-state index >= 15 is 0 Å². The molecule has 7 heteroatoms. The highest BCUT2D eigenvalue weighted by atomic mass is 127. The summed E-state index contributed by atoms with van der Waals surface area (Å²) in [6.07, 6.45) is 4.96.